The lowest BCUT2D eigenvalue weighted by molar-refractivity contribution is -0.0175. The van der Waals surface area contributed by atoms with E-state index in [1.165, 1.54) is 32.5 Å². The molecule has 0 radical (unpaired) electrons. The normalized spacial score (nSPS) is 20.8. The van der Waals surface area contributed by atoms with Crippen LogP contribution in [0.2, 0.25) is 0 Å². The Morgan fingerprint density at radius 3 is 2.41 bits per heavy atom. The topological polar surface area (TPSA) is 134 Å². The highest BCUT2D eigenvalue weighted by molar-refractivity contribution is 5.94. The molecular formula is C32H44N6O3. The Bertz CT molecular complexity index is 1290. The molecule has 0 aliphatic carbocycles. The van der Waals surface area contributed by atoms with Crippen LogP contribution >= 0.6 is 0 Å². The van der Waals surface area contributed by atoms with Crippen molar-refractivity contribution in [3.63, 3.8) is 0 Å². The lowest BCUT2D eigenvalue weighted by atomic mass is 9.95. The smallest absolute Gasteiger partial charge is 0.253 e. The lowest BCUT2D eigenvalue weighted by Gasteiger charge is -2.36. The van der Waals surface area contributed by atoms with E-state index in [0.717, 1.165) is 42.6 Å². The fraction of sp³-hybridized carbons (Fsp3) is 0.469. The molecule has 3 aliphatic rings. The van der Waals surface area contributed by atoms with Gasteiger partial charge in [-0.25, -0.2) is 0 Å². The Labute approximate surface area is 243 Å². The number of carbonyl (C=O) groups is 1. The zero-order valence-corrected chi connectivity index (χ0v) is 24.1. The van der Waals surface area contributed by atoms with Gasteiger partial charge in [-0.1, -0.05) is 18.2 Å². The second-order valence-corrected chi connectivity index (χ2v) is 11.6. The Balaban J connectivity index is 1.23. The number of nitrogens with two attached hydrogens (primary N) is 3. The molecule has 5 rings (SSSR count). The van der Waals surface area contributed by atoms with Crippen LogP contribution in [-0.2, 0) is 4.74 Å². The standard InChI is InChI=1S/C32H44N6O3/c1-22-18-24(32(40)37-14-10-23(11-15-37)20-36-12-4-5-13-36)8-9-25(22)30-21-38(16-17-41-30)28(31(34)35)19-27(33)26-6-2-3-7-29(26)39/h2-3,6-9,18-19,23,30,39H,4-5,10-17,20-21,33-35H2,1H3/b27-19-. The number of amides is 1. The Morgan fingerprint density at radius 1 is 1.00 bits per heavy atom. The van der Waals surface area contributed by atoms with Crippen LogP contribution in [0.15, 0.2) is 60.1 Å². The van der Waals surface area contributed by atoms with Crippen LogP contribution in [0, 0.1) is 12.8 Å². The van der Waals surface area contributed by atoms with Gasteiger partial charge in [0.05, 0.1) is 12.3 Å². The van der Waals surface area contributed by atoms with Crippen molar-refractivity contribution in [2.45, 2.75) is 38.7 Å². The zero-order valence-electron chi connectivity index (χ0n) is 24.1. The molecule has 1 amide bonds. The summed E-state index contributed by atoms with van der Waals surface area (Å²) in [5.41, 5.74) is 22.7. The summed E-state index contributed by atoms with van der Waals surface area (Å²) in [6.45, 7) is 8.92. The number of nitrogens with zero attached hydrogens (tertiary/aromatic N) is 3. The summed E-state index contributed by atoms with van der Waals surface area (Å²) < 4.78 is 6.16. The number of para-hydroxylation sites is 1. The second-order valence-electron chi connectivity index (χ2n) is 11.6. The van der Waals surface area contributed by atoms with Crippen LogP contribution in [0.1, 0.15) is 58.8 Å². The number of phenols is 1. The Hall–Kier alpha value is -3.69. The molecule has 41 heavy (non-hydrogen) atoms. The summed E-state index contributed by atoms with van der Waals surface area (Å²) in [6.07, 6.45) is 6.28. The first-order valence-corrected chi connectivity index (χ1v) is 14.8. The van der Waals surface area contributed by atoms with E-state index in [4.69, 9.17) is 21.9 Å². The molecule has 2 aromatic rings. The van der Waals surface area contributed by atoms with Gasteiger partial charge in [-0.2, -0.15) is 0 Å². The van der Waals surface area contributed by atoms with Gasteiger partial charge in [-0.15, -0.1) is 0 Å². The van der Waals surface area contributed by atoms with Crippen molar-refractivity contribution in [1.29, 1.82) is 0 Å². The monoisotopic (exact) mass is 560 g/mol. The van der Waals surface area contributed by atoms with Crippen LogP contribution in [0.4, 0.5) is 0 Å². The number of piperidine rings is 1. The van der Waals surface area contributed by atoms with Crippen LogP contribution in [0.25, 0.3) is 5.70 Å². The highest BCUT2D eigenvalue weighted by atomic mass is 16.5. The Morgan fingerprint density at radius 2 is 1.73 bits per heavy atom. The third-order valence-electron chi connectivity index (χ3n) is 8.69. The van der Waals surface area contributed by atoms with Crippen molar-refractivity contribution in [1.82, 2.24) is 14.7 Å². The fourth-order valence-corrected chi connectivity index (χ4v) is 6.36. The molecule has 0 spiro atoms. The zero-order chi connectivity index (χ0) is 28.9. The molecule has 2 aromatic carbocycles. The molecule has 1 atom stereocenters. The van der Waals surface area contributed by atoms with Gasteiger partial charge in [0.1, 0.15) is 17.7 Å². The quantitative estimate of drug-likeness (QED) is 0.380. The summed E-state index contributed by atoms with van der Waals surface area (Å²) in [5, 5.41) is 10.2. The van der Waals surface area contributed by atoms with Crippen LogP contribution in [-0.4, -0.2) is 78.1 Å². The molecule has 7 N–H and O–H groups in total. The minimum Gasteiger partial charge on any atom is -0.507 e. The molecule has 0 aromatic heterocycles. The molecule has 220 valence electrons. The van der Waals surface area contributed by atoms with E-state index in [-0.39, 0.29) is 23.6 Å². The van der Waals surface area contributed by atoms with Gasteiger partial charge in [-0.3, -0.25) is 4.79 Å². The lowest BCUT2D eigenvalue weighted by Crippen LogP contribution is -2.41. The summed E-state index contributed by atoms with van der Waals surface area (Å²) in [7, 11) is 0. The van der Waals surface area contributed by atoms with E-state index >= 15 is 0 Å². The number of hydrogen-bond donors (Lipinski definition) is 4. The van der Waals surface area contributed by atoms with E-state index in [1.54, 1.807) is 24.3 Å². The second kappa shape index (κ2) is 12.9. The number of benzene rings is 2. The summed E-state index contributed by atoms with van der Waals surface area (Å²) in [6, 6.07) is 12.8. The average molecular weight is 561 g/mol. The first-order chi connectivity index (χ1) is 19.8. The van der Waals surface area contributed by atoms with Gasteiger partial charge >= 0.3 is 0 Å². The first kappa shape index (κ1) is 28.8. The van der Waals surface area contributed by atoms with Crippen molar-refractivity contribution in [3.05, 3.63) is 82.3 Å². The third kappa shape index (κ3) is 6.80. The van der Waals surface area contributed by atoms with E-state index in [2.05, 4.69) is 9.80 Å². The average Bonchev–Trinajstić information content (AvgIpc) is 3.49. The third-order valence-corrected chi connectivity index (χ3v) is 8.69. The van der Waals surface area contributed by atoms with Gasteiger partial charge in [-0.05, 0) is 93.1 Å². The van der Waals surface area contributed by atoms with Crippen molar-refractivity contribution < 1.29 is 14.6 Å². The van der Waals surface area contributed by atoms with Crippen LogP contribution in [0.3, 0.4) is 0 Å². The summed E-state index contributed by atoms with van der Waals surface area (Å²) >= 11 is 0. The molecule has 9 heteroatoms. The van der Waals surface area contributed by atoms with Crippen LogP contribution in [0.5, 0.6) is 5.75 Å². The predicted molar refractivity (Wildman–Crippen MR) is 161 cm³/mol. The summed E-state index contributed by atoms with van der Waals surface area (Å²) in [5.74, 6) is 1.03. The van der Waals surface area contributed by atoms with E-state index in [9.17, 15) is 9.90 Å². The number of rotatable bonds is 7. The maximum Gasteiger partial charge on any atom is 0.253 e. The molecule has 0 bridgehead atoms. The van der Waals surface area contributed by atoms with Gasteiger partial charge in [0.2, 0.25) is 0 Å². The van der Waals surface area contributed by atoms with Crippen molar-refractivity contribution in [2.24, 2.45) is 23.1 Å². The fourth-order valence-electron chi connectivity index (χ4n) is 6.36. The molecule has 9 nitrogen and oxygen atoms in total. The number of allylic oxidation sites excluding steroid dienone is 1. The van der Waals surface area contributed by atoms with Crippen molar-refractivity contribution >= 4 is 11.6 Å². The number of hydrogen-bond acceptors (Lipinski definition) is 8. The number of likely N-dealkylation sites (tertiary alicyclic amines) is 2. The molecule has 3 heterocycles. The number of carbonyl (C=O) groups excluding carboxylic acids is 1. The minimum absolute atomic E-state index is 0.0905. The summed E-state index contributed by atoms with van der Waals surface area (Å²) in [4.78, 5) is 20.0. The highest BCUT2D eigenvalue weighted by Crippen LogP contribution is 2.30. The minimum atomic E-state index is -0.219. The van der Waals surface area contributed by atoms with Gasteiger partial charge < -0.3 is 41.7 Å². The molecule has 3 aliphatic heterocycles. The maximum atomic E-state index is 13.4. The van der Waals surface area contributed by atoms with Gasteiger partial charge in [0, 0.05) is 49.5 Å². The molecule has 3 saturated heterocycles. The number of aryl methyl sites for hydroxylation is 1. The number of morpholine rings is 1. The molecule has 0 saturated carbocycles. The van der Waals surface area contributed by atoms with Crippen molar-refractivity contribution in [2.75, 3.05) is 52.4 Å². The number of phenolic OH excluding ortho intramolecular Hbond substituents is 1. The van der Waals surface area contributed by atoms with Gasteiger partial charge in [0.15, 0.2) is 0 Å². The van der Waals surface area contributed by atoms with E-state index in [1.807, 2.05) is 36.1 Å². The van der Waals surface area contributed by atoms with Crippen LogP contribution < -0.4 is 17.2 Å². The molecule has 1 unspecified atom stereocenters. The first-order valence-electron chi connectivity index (χ1n) is 14.8. The van der Waals surface area contributed by atoms with Crippen molar-refractivity contribution in [3.8, 4) is 5.75 Å². The largest absolute Gasteiger partial charge is 0.507 e. The molecular weight excluding hydrogens is 516 g/mol. The van der Waals surface area contributed by atoms with E-state index < -0.39 is 0 Å². The number of aromatic hydroxyl groups is 1. The molecule has 3 fully saturated rings. The van der Waals surface area contributed by atoms with Gasteiger partial charge in [0.25, 0.3) is 5.91 Å². The maximum absolute atomic E-state index is 13.4. The Kier molecular flexibility index (Phi) is 9.05. The highest BCUT2D eigenvalue weighted by Gasteiger charge is 2.28. The van der Waals surface area contributed by atoms with E-state index in [0.29, 0.717) is 42.6 Å². The SMILES string of the molecule is Cc1cc(C(=O)N2CCC(CN3CCCC3)CC2)ccc1C1CN(C(/C=C(\N)c2ccccc2O)=C(N)N)CCO1. The number of ether oxygens (including phenoxy) is 1. The predicted octanol–water partition coefficient (Wildman–Crippen LogP) is 3.11.